The van der Waals surface area contributed by atoms with Crippen LogP contribution in [0.5, 0.6) is 0 Å². The summed E-state index contributed by atoms with van der Waals surface area (Å²) >= 11 is 5.01. The Hall–Kier alpha value is -0.810. The van der Waals surface area contributed by atoms with Crippen molar-refractivity contribution in [2.24, 2.45) is 0 Å². The SMILES string of the molecule is CCn1c(SC(C)C)nc2ccc(Br)cc2c1=O. The van der Waals surface area contributed by atoms with Crippen molar-refractivity contribution in [2.75, 3.05) is 0 Å². The maximum atomic E-state index is 12.4. The highest BCUT2D eigenvalue weighted by atomic mass is 79.9. The number of halogens is 1. The molecular formula is C13H15BrN2OS. The summed E-state index contributed by atoms with van der Waals surface area (Å²) in [4.78, 5) is 17.0. The smallest absolute Gasteiger partial charge is 0.262 e. The predicted octanol–water partition coefficient (Wildman–Crippen LogP) is 3.68. The Kier molecular flexibility index (Phi) is 4.12. The van der Waals surface area contributed by atoms with Crippen LogP contribution in [0.4, 0.5) is 0 Å². The fourth-order valence-electron chi connectivity index (χ4n) is 1.75. The number of hydrogen-bond acceptors (Lipinski definition) is 3. The summed E-state index contributed by atoms with van der Waals surface area (Å²) in [6.07, 6.45) is 0. The van der Waals surface area contributed by atoms with Crippen molar-refractivity contribution in [3.63, 3.8) is 0 Å². The van der Waals surface area contributed by atoms with E-state index >= 15 is 0 Å². The van der Waals surface area contributed by atoms with Crippen LogP contribution in [0.1, 0.15) is 20.8 Å². The topological polar surface area (TPSA) is 34.9 Å². The van der Waals surface area contributed by atoms with Crippen LogP contribution in [0.2, 0.25) is 0 Å². The van der Waals surface area contributed by atoms with Crippen LogP contribution in [-0.2, 0) is 6.54 Å². The summed E-state index contributed by atoms with van der Waals surface area (Å²) in [6, 6.07) is 5.63. The van der Waals surface area contributed by atoms with Gasteiger partial charge in [-0.15, -0.1) is 0 Å². The van der Waals surface area contributed by atoms with Crippen molar-refractivity contribution in [3.8, 4) is 0 Å². The highest BCUT2D eigenvalue weighted by molar-refractivity contribution is 9.10. The first kappa shape index (κ1) is 13.6. The maximum absolute atomic E-state index is 12.4. The second kappa shape index (κ2) is 5.45. The summed E-state index contributed by atoms with van der Waals surface area (Å²) in [5.74, 6) is 0. The zero-order valence-corrected chi connectivity index (χ0v) is 13.0. The third kappa shape index (κ3) is 2.62. The fraction of sp³-hybridized carbons (Fsp3) is 0.385. The van der Waals surface area contributed by atoms with Gasteiger partial charge in [0, 0.05) is 16.3 Å². The maximum Gasteiger partial charge on any atom is 0.262 e. The van der Waals surface area contributed by atoms with Crippen molar-refractivity contribution < 1.29 is 0 Å². The molecule has 96 valence electrons. The molecule has 0 atom stereocenters. The van der Waals surface area contributed by atoms with Crippen LogP contribution in [-0.4, -0.2) is 14.8 Å². The molecule has 0 bridgehead atoms. The van der Waals surface area contributed by atoms with Crippen molar-refractivity contribution in [1.29, 1.82) is 0 Å². The molecule has 0 spiro atoms. The van der Waals surface area contributed by atoms with Gasteiger partial charge in [0.2, 0.25) is 0 Å². The third-order valence-corrected chi connectivity index (χ3v) is 4.03. The standard InChI is InChI=1S/C13H15BrN2OS/c1-4-16-12(17)10-7-9(14)5-6-11(10)15-13(16)18-8(2)3/h5-8H,4H2,1-3H3. The molecule has 0 fully saturated rings. The molecule has 3 nitrogen and oxygen atoms in total. The lowest BCUT2D eigenvalue weighted by Crippen LogP contribution is -2.22. The lowest BCUT2D eigenvalue weighted by molar-refractivity contribution is 0.633. The summed E-state index contributed by atoms with van der Waals surface area (Å²) < 4.78 is 2.64. The Morgan fingerprint density at radius 1 is 1.44 bits per heavy atom. The van der Waals surface area contributed by atoms with Gasteiger partial charge in [-0.05, 0) is 25.1 Å². The van der Waals surface area contributed by atoms with Crippen LogP contribution in [0, 0.1) is 0 Å². The van der Waals surface area contributed by atoms with Crippen molar-refractivity contribution >= 4 is 38.6 Å². The minimum atomic E-state index is 0.0342. The molecule has 1 aromatic heterocycles. The third-order valence-electron chi connectivity index (χ3n) is 2.54. The van der Waals surface area contributed by atoms with E-state index in [1.54, 1.807) is 16.3 Å². The number of benzene rings is 1. The highest BCUT2D eigenvalue weighted by Gasteiger charge is 2.11. The minimum Gasteiger partial charge on any atom is -0.287 e. The van der Waals surface area contributed by atoms with E-state index in [0.29, 0.717) is 17.2 Å². The number of aromatic nitrogens is 2. The van der Waals surface area contributed by atoms with Crippen molar-refractivity contribution in [2.45, 2.75) is 37.7 Å². The van der Waals surface area contributed by atoms with Gasteiger partial charge in [0.1, 0.15) is 0 Å². The highest BCUT2D eigenvalue weighted by Crippen LogP contribution is 2.23. The van der Waals surface area contributed by atoms with Gasteiger partial charge in [-0.2, -0.15) is 0 Å². The molecule has 18 heavy (non-hydrogen) atoms. The van der Waals surface area contributed by atoms with E-state index in [1.807, 2.05) is 25.1 Å². The minimum absolute atomic E-state index is 0.0342. The fourth-order valence-corrected chi connectivity index (χ4v) is 3.03. The van der Waals surface area contributed by atoms with Gasteiger partial charge in [-0.3, -0.25) is 9.36 Å². The largest absolute Gasteiger partial charge is 0.287 e. The van der Waals surface area contributed by atoms with Crippen LogP contribution < -0.4 is 5.56 Å². The summed E-state index contributed by atoms with van der Waals surface area (Å²) in [5, 5.41) is 1.87. The van der Waals surface area contributed by atoms with Crippen molar-refractivity contribution in [1.82, 2.24) is 9.55 Å². The van der Waals surface area contributed by atoms with Gasteiger partial charge in [0.15, 0.2) is 5.16 Å². The number of thioether (sulfide) groups is 1. The molecule has 5 heteroatoms. The Morgan fingerprint density at radius 3 is 2.78 bits per heavy atom. The second-order valence-electron chi connectivity index (χ2n) is 4.27. The first-order chi connectivity index (χ1) is 8.52. The number of nitrogens with zero attached hydrogens (tertiary/aromatic N) is 2. The summed E-state index contributed by atoms with van der Waals surface area (Å²) in [6.45, 7) is 6.81. The van der Waals surface area contributed by atoms with Crippen LogP contribution >= 0.6 is 27.7 Å². The normalized spacial score (nSPS) is 11.4. The molecule has 1 heterocycles. The van der Waals surface area contributed by atoms with Gasteiger partial charge in [-0.25, -0.2) is 4.98 Å². The first-order valence-corrected chi connectivity index (χ1v) is 7.57. The van der Waals surface area contributed by atoms with Crippen LogP contribution in [0.25, 0.3) is 10.9 Å². The average Bonchev–Trinajstić information content (AvgIpc) is 2.30. The zero-order valence-electron chi connectivity index (χ0n) is 10.6. The van der Waals surface area contributed by atoms with E-state index in [9.17, 15) is 4.79 Å². The second-order valence-corrected chi connectivity index (χ2v) is 6.73. The molecule has 0 saturated carbocycles. The van der Waals surface area contributed by atoms with Gasteiger partial charge in [-0.1, -0.05) is 41.5 Å². The number of rotatable bonds is 3. The molecule has 2 aromatic rings. The lowest BCUT2D eigenvalue weighted by atomic mass is 10.2. The molecule has 2 rings (SSSR count). The molecule has 0 radical (unpaired) electrons. The van der Waals surface area contributed by atoms with E-state index in [2.05, 4.69) is 34.8 Å². The van der Waals surface area contributed by atoms with E-state index in [0.717, 1.165) is 15.1 Å². The molecule has 0 N–H and O–H groups in total. The van der Waals surface area contributed by atoms with Gasteiger partial charge in [0.05, 0.1) is 10.9 Å². The Balaban J connectivity index is 2.73. The van der Waals surface area contributed by atoms with E-state index in [4.69, 9.17) is 0 Å². The molecule has 0 aliphatic heterocycles. The Morgan fingerprint density at radius 2 is 2.17 bits per heavy atom. The Labute approximate surface area is 119 Å². The molecule has 1 aromatic carbocycles. The lowest BCUT2D eigenvalue weighted by Gasteiger charge is -2.12. The van der Waals surface area contributed by atoms with Crippen LogP contribution in [0.3, 0.4) is 0 Å². The van der Waals surface area contributed by atoms with Gasteiger partial charge in [0.25, 0.3) is 5.56 Å². The molecular weight excluding hydrogens is 312 g/mol. The molecule has 0 unspecified atom stereocenters. The monoisotopic (exact) mass is 326 g/mol. The zero-order chi connectivity index (χ0) is 13.3. The van der Waals surface area contributed by atoms with E-state index < -0.39 is 0 Å². The first-order valence-electron chi connectivity index (χ1n) is 5.89. The van der Waals surface area contributed by atoms with E-state index in [-0.39, 0.29) is 5.56 Å². The van der Waals surface area contributed by atoms with Crippen molar-refractivity contribution in [3.05, 3.63) is 33.0 Å². The predicted molar refractivity (Wildman–Crippen MR) is 80.4 cm³/mol. The summed E-state index contributed by atoms with van der Waals surface area (Å²) in [5.41, 5.74) is 0.794. The number of fused-ring (bicyclic) bond motifs is 1. The summed E-state index contributed by atoms with van der Waals surface area (Å²) in [7, 11) is 0. The van der Waals surface area contributed by atoms with E-state index in [1.165, 1.54) is 0 Å². The molecule has 0 aliphatic carbocycles. The van der Waals surface area contributed by atoms with Crippen LogP contribution in [0.15, 0.2) is 32.6 Å². The van der Waals surface area contributed by atoms with Gasteiger partial charge < -0.3 is 0 Å². The Bertz CT molecular complexity index is 637. The van der Waals surface area contributed by atoms with Gasteiger partial charge >= 0.3 is 0 Å². The molecule has 0 saturated heterocycles. The quantitative estimate of drug-likeness (QED) is 0.637. The molecule has 0 amide bonds. The molecule has 0 aliphatic rings. The number of hydrogen-bond donors (Lipinski definition) is 0. The average molecular weight is 327 g/mol.